The number of benzene rings is 2. The van der Waals surface area contributed by atoms with Crippen molar-refractivity contribution >= 4 is 44.8 Å². The quantitative estimate of drug-likeness (QED) is 0.815. The highest BCUT2D eigenvalue weighted by molar-refractivity contribution is 7.94. The van der Waals surface area contributed by atoms with Gasteiger partial charge >= 0.3 is 0 Å². The van der Waals surface area contributed by atoms with Gasteiger partial charge in [0.25, 0.3) is 5.91 Å². The molecule has 0 aromatic heterocycles. The first-order valence-corrected chi connectivity index (χ1v) is 10.7. The molecule has 0 atom stereocenters. The van der Waals surface area contributed by atoms with Crippen LogP contribution in [0.5, 0.6) is 0 Å². The third kappa shape index (κ3) is 3.64. The fraction of sp³-hybridized carbons (Fsp3) is 0.300. The van der Waals surface area contributed by atoms with Crippen molar-refractivity contribution < 1.29 is 18.0 Å². The smallest absolute Gasteiger partial charge is 0.255 e. The Morgan fingerprint density at radius 2 is 1.82 bits per heavy atom. The van der Waals surface area contributed by atoms with Crippen molar-refractivity contribution in [2.75, 3.05) is 15.4 Å². The van der Waals surface area contributed by atoms with E-state index in [1.807, 2.05) is 32.0 Å². The zero-order chi connectivity index (χ0) is 20.9. The molecule has 0 unspecified atom stereocenters. The lowest BCUT2D eigenvalue weighted by atomic mass is 9.95. The van der Waals surface area contributed by atoms with Gasteiger partial charge in [0.05, 0.1) is 21.9 Å². The Kier molecular flexibility index (Phi) is 5.02. The molecule has 0 radical (unpaired) electrons. The van der Waals surface area contributed by atoms with E-state index in [4.69, 9.17) is 11.6 Å². The fourth-order valence-electron chi connectivity index (χ4n) is 3.12. The summed E-state index contributed by atoms with van der Waals surface area (Å²) in [6, 6.07) is 9.93. The number of rotatable bonds is 3. The first kappa shape index (κ1) is 20.4. The number of hydrogen-bond donors (Lipinski definition) is 1. The van der Waals surface area contributed by atoms with Crippen LogP contribution in [0.25, 0.3) is 0 Å². The minimum absolute atomic E-state index is 0.00847. The lowest BCUT2D eigenvalue weighted by molar-refractivity contribution is -0.123. The van der Waals surface area contributed by atoms with Gasteiger partial charge in [0, 0.05) is 11.3 Å². The first-order valence-electron chi connectivity index (χ1n) is 8.68. The molecule has 0 saturated carbocycles. The second-order valence-electron chi connectivity index (χ2n) is 7.65. The van der Waals surface area contributed by atoms with Crippen molar-refractivity contribution in [1.82, 2.24) is 0 Å². The number of sulfonamides is 1. The first-order chi connectivity index (χ1) is 12.9. The Balaban J connectivity index is 1.99. The van der Waals surface area contributed by atoms with E-state index in [0.29, 0.717) is 9.99 Å². The van der Waals surface area contributed by atoms with E-state index in [2.05, 4.69) is 5.32 Å². The monoisotopic (exact) mass is 420 g/mol. The van der Waals surface area contributed by atoms with Gasteiger partial charge in [-0.2, -0.15) is 0 Å². The molecule has 1 saturated heterocycles. The van der Waals surface area contributed by atoms with E-state index in [-0.39, 0.29) is 22.0 Å². The molecule has 1 N–H and O–H groups in total. The summed E-state index contributed by atoms with van der Waals surface area (Å²) in [6.45, 7) is 6.93. The highest BCUT2D eigenvalue weighted by Crippen LogP contribution is 2.39. The third-order valence-corrected chi connectivity index (χ3v) is 6.98. The van der Waals surface area contributed by atoms with Gasteiger partial charge in [-0.15, -0.1) is 0 Å². The topological polar surface area (TPSA) is 83.6 Å². The molecule has 0 spiro atoms. The van der Waals surface area contributed by atoms with Crippen LogP contribution < -0.4 is 9.62 Å². The minimum atomic E-state index is -3.87. The highest BCUT2D eigenvalue weighted by atomic mass is 35.5. The average molecular weight is 421 g/mol. The van der Waals surface area contributed by atoms with Crippen molar-refractivity contribution in [2.24, 2.45) is 5.41 Å². The summed E-state index contributed by atoms with van der Waals surface area (Å²) in [5.41, 5.74) is 1.69. The van der Waals surface area contributed by atoms with Crippen molar-refractivity contribution in [3.8, 4) is 0 Å². The van der Waals surface area contributed by atoms with Crippen molar-refractivity contribution in [3.63, 3.8) is 0 Å². The number of anilines is 2. The number of hydrogen-bond acceptors (Lipinski definition) is 4. The lowest BCUT2D eigenvalue weighted by Gasteiger charge is -2.19. The Morgan fingerprint density at radius 3 is 2.43 bits per heavy atom. The predicted octanol–water partition coefficient (Wildman–Crippen LogP) is 3.91. The highest BCUT2D eigenvalue weighted by Gasteiger charge is 2.50. The molecule has 1 aliphatic heterocycles. The molecule has 1 aliphatic rings. The maximum Gasteiger partial charge on any atom is 0.255 e. The van der Waals surface area contributed by atoms with Crippen LogP contribution in [0.2, 0.25) is 5.02 Å². The molecule has 0 aliphatic carbocycles. The molecule has 6 nitrogen and oxygen atoms in total. The lowest BCUT2D eigenvalue weighted by Crippen LogP contribution is -2.33. The molecule has 3 rings (SSSR count). The SMILES string of the molecule is Cc1ccc(C)c(NC(=O)c2ccc(Cl)c(N3C(=O)C(C)(C)CS3(=O)=O)c2)c1. The number of halogens is 1. The Bertz CT molecular complexity index is 1090. The fourth-order valence-corrected chi connectivity index (χ4v) is 5.48. The Morgan fingerprint density at radius 1 is 1.14 bits per heavy atom. The molecule has 0 bridgehead atoms. The van der Waals surface area contributed by atoms with Gasteiger partial charge in [0.15, 0.2) is 0 Å². The molecule has 1 fully saturated rings. The summed E-state index contributed by atoms with van der Waals surface area (Å²) >= 11 is 6.18. The van der Waals surface area contributed by atoms with Gasteiger partial charge in [-0.3, -0.25) is 9.59 Å². The van der Waals surface area contributed by atoms with Crippen molar-refractivity contribution in [2.45, 2.75) is 27.7 Å². The third-order valence-electron chi connectivity index (χ3n) is 4.65. The molecular weight excluding hydrogens is 400 g/mol. The number of carbonyl (C=O) groups excluding carboxylic acids is 2. The Labute approximate surface area is 169 Å². The van der Waals surface area contributed by atoms with E-state index in [1.54, 1.807) is 13.8 Å². The molecule has 28 heavy (non-hydrogen) atoms. The normalized spacial score (nSPS) is 17.6. The maximum atomic E-state index is 12.7. The van der Waals surface area contributed by atoms with Gasteiger partial charge in [-0.1, -0.05) is 23.7 Å². The van der Waals surface area contributed by atoms with Crippen LogP contribution in [0.3, 0.4) is 0 Å². The van der Waals surface area contributed by atoms with Gasteiger partial charge in [-0.05, 0) is 63.1 Å². The Hall–Kier alpha value is -2.38. The van der Waals surface area contributed by atoms with Gasteiger partial charge in [-0.25, -0.2) is 12.7 Å². The van der Waals surface area contributed by atoms with E-state index in [9.17, 15) is 18.0 Å². The minimum Gasteiger partial charge on any atom is -0.322 e. The van der Waals surface area contributed by atoms with E-state index in [0.717, 1.165) is 11.1 Å². The largest absolute Gasteiger partial charge is 0.322 e. The van der Waals surface area contributed by atoms with Crippen LogP contribution in [0, 0.1) is 19.3 Å². The maximum absolute atomic E-state index is 12.7. The van der Waals surface area contributed by atoms with Crippen LogP contribution in [0.1, 0.15) is 35.3 Å². The predicted molar refractivity (Wildman–Crippen MR) is 110 cm³/mol. The molecule has 2 aromatic carbocycles. The summed E-state index contributed by atoms with van der Waals surface area (Å²) in [7, 11) is -3.87. The summed E-state index contributed by atoms with van der Waals surface area (Å²) in [5.74, 6) is -1.30. The number of nitrogens with zero attached hydrogens (tertiary/aromatic N) is 1. The van der Waals surface area contributed by atoms with E-state index >= 15 is 0 Å². The number of nitrogens with one attached hydrogen (secondary N) is 1. The number of aryl methyl sites for hydroxylation is 2. The summed E-state index contributed by atoms with van der Waals surface area (Å²) < 4.78 is 25.8. The van der Waals surface area contributed by atoms with Gasteiger partial charge in [0.1, 0.15) is 0 Å². The van der Waals surface area contributed by atoms with Crippen LogP contribution in [0.4, 0.5) is 11.4 Å². The zero-order valence-corrected chi connectivity index (χ0v) is 17.6. The standard InChI is InChI=1S/C20H21ClN2O4S/c1-12-5-6-13(2)16(9-12)22-18(24)14-7-8-15(21)17(10-14)23-19(25)20(3,4)11-28(23,26)27/h5-10H,11H2,1-4H3,(H,22,24). The molecule has 2 amide bonds. The van der Waals surface area contributed by atoms with Crippen LogP contribution >= 0.6 is 11.6 Å². The molecule has 1 heterocycles. The zero-order valence-electron chi connectivity index (χ0n) is 16.0. The summed E-state index contributed by atoms with van der Waals surface area (Å²) in [5, 5.41) is 2.90. The van der Waals surface area contributed by atoms with Crippen LogP contribution in [0.15, 0.2) is 36.4 Å². The number of amides is 2. The van der Waals surface area contributed by atoms with Crippen molar-refractivity contribution in [3.05, 3.63) is 58.1 Å². The second-order valence-corrected chi connectivity index (χ2v) is 9.87. The second kappa shape index (κ2) is 6.90. The molecule has 2 aromatic rings. The molecule has 8 heteroatoms. The number of carbonyl (C=O) groups is 2. The van der Waals surface area contributed by atoms with E-state index < -0.39 is 27.3 Å². The van der Waals surface area contributed by atoms with Gasteiger partial charge < -0.3 is 5.32 Å². The van der Waals surface area contributed by atoms with E-state index in [1.165, 1.54) is 18.2 Å². The average Bonchev–Trinajstić information content (AvgIpc) is 2.75. The molecular formula is C20H21ClN2O4S. The van der Waals surface area contributed by atoms with Gasteiger partial charge in [0.2, 0.25) is 15.9 Å². The summed E-state index contributed by atoms with van der Waals surface area (Å²) in [4.78, 5) is 25.4. The van der Waals surface area contributed by atoms with Crippen LogP contribution in [-0.2, 0) is 14.8 Å². The van der Waals surface area contributed by atoms with Crippen molar-refractivity contribution in [1.29, 1.82) is 0 Å². The van der Waals surface area contributed by atoms with Crippen LogP contribution in [-0.4, -0.2) is 26.0 Å². The summed E-state index contributed by atoms with van der Waals surface area (Å²) in [6.07, 6.45) is 0. The molecule has 148 valence electrons.